The van der Waals surface area contributed by atoms with E-state index in [-0.39, 0.29) is 24.1 Å². The molecule has 20 heavy (non-hydrogen) atoms. The van der Waals surface area contributed by atoms with E-state index >= 15 is 0 Å². The van der Waals surface area contributed by atoms with Gasteiger partial charge in [-0.1, -0.05) is 12.1 Å². The minimum Gasteiger partial charge on any atom is -0.481 e. The van der Waals surface area contributed by atoms with E-state index in [1.165, 1.54) is 12.1 Å². The average molecular weight is 278 g/mol. The van der Waals surface area contributed by atoms with E-state index < -0.39 is 10.9 Å². The fourth-order valence-electron chi connectivity index (χ4n) is 2.71. The Morgan fingerprint density at radius 1 is 1.50 bits per heavy atom. The molecule has 6 heteroatoms. The van der Waals surface area contributed by atoms with E-state index in [1.807, 2.05) is 6.92 Å². The smallest absolute Gasteiger partial charge is 0.303 e. The number of benzene rings is 1. The van der Waals surface area contributed by atoms with Crippen LogP contribution in [0.3, 0.4) is 0 Å². The Morgan fingerprint density at radius 3 is 2.70 bits per heavy atom. The molecule has 1 heterocycles. The molecule has 2 atom stereocenters. The Balaban J connectivity index is 1.99. The number of aliphatic carboxylic acids is 1. The highest BCUT2D eigenvalue weighted by Crippen LogP contribution is 2.29. The highest BCUT2D eigenvalue weighted by molar-refractivity contribution is 5.67. The van der Waals surface area contributed by atoms with Crippen LogP contribution in [0.2, 0.25) is 0 Å². The van der Waals surface area contributed by atoms with Crippen molar-refractivity contribution in [3.8, 4) is 0 Å². The summed E-state index contributed by atoms with van der Waals surface area (Å²) in [6.07, 6.45) is 1.10. The van der Waals surface area contributed by atoms with Gasteiger partial charge in [-0.2, -0.15) is 0 Å². The van der Waals surface area contributed by atoms with Gasteiger partial charge in [0.2, 0.25) is 0 Å². The number of carboxylic acids is 1. The van der Waals surface area contributed by atoms with Crippen LogP contribution in [0.15, 0.2) is 24.3 Å². The van der Waals surface area contributed by atoms with Crippen LogP contribution in [-0.2, 0) is 4.79 Å². The summed E-state index contributed by atoms with van der Waals surface area (Å²) in [5.74, 6) is -0.548. The molecule has 1 aromatic rings. The van der Waals surface area contributed by atoms with Crippen molar-refractivity contribution >= 4 is 11.7 Å². The number of hydrogen-bond acceptors (Lipinski definition) is 4. The zero-order chi connectivity index (χ0) is 14.7. The van der Waals surface area contributed by atoms with Crippen molar-refractivity contribution in [2.45, 2.75) is 25.8 Å². The van der Waals surface area contributed by atoms with Gasteiger partial charge < -0.3 is 5.11 Å². The molecule has 1 N–H and O–H groups in total. The van der Waals surface area contributed by atoms with Crippen molar-refractivity contribution in [1.82, 2.24) is 4.90 Å². The maximum Gasteiger partial charge on any atom is 0.303 e. The molecule has 0 amide bonds. The third-order valence-corrected chi connectivity index (χ3v) is 3.91. The number of likely N-dealkylation sites (tertiary alicyclic amines) is 1. The molecule has 1 aliphatic heterocycles. The first-order chi connectivity index (χ1) is 9.47. The molecule has 1 aromatic carbocycles. The monoisotopic (exact) mass is 278 g/mol. The van der Waals surface area contributed by atoms with Crippen LogP contribution in [0.1, 0.15) is 31.4 Å². The van der Waals surface area contributed by atoms with Crippen LogP contribution in [0, 0.1) is 16.0 Å². The van der Waals surface area contributed by atoms with E-state index in [2.05, 4.69) is 4.90 Å². The van der Waals surface area contributed by atoms with Gasteiger partial charge in [0.15, 0.2) is 0 Å². The first-order valence-electron chi connectivity index (χ1n) is 6.67. The summed E-state index contributed by atoms with van der Waals surface area (Å²) in [6, 6.07) is 6.71. The SMILES string of the molecule is CC(c1ccc([N+](=O)[O-])cc1)N1CCC(CC(=O)O)C1. The molecule has 2 rings (SSSR count). The van der Waals surface area contributed by atoms with Gasteiger partial charge in [0, 0.05) is 31.1 Å². The Morgan fingerprint density at radius 2 is 2.15 bits per heavy atom. The number of carbonyl (C=O) groups is 1. The van der Waals surface area contributed by atoms with Gasteiger partial charge in [0.25, 0.3) is 5.69 Å². The lowest BCUT2D eigenvalue weighted by Gasteiger charge is -2.24. The van der Waals surface area contributed by atoms with Gasteiger partial charge in [0.1, 0.15) is 0 Å². The number of non-ortho nitro benzene ring substituents is 1. The van der Waals surface area contributed by atoms with Crippen molar-refractivity contribution in [2.75, 3.05) is 13.1 Å². The Bertz CT molecular complexity index is 500. The zero-order valence-electron chi connectivity index (χ0n) is 11.4. The fraction of sp³-hybridized carbons (Fsp3) is 0.500. The van der Waals surface area contributed by atoms with Gasteiger partial charge in [-0.25, -0.2) is 0 Å². The summed E-state index contributed by atoms with van der Waals surface area (Å²) in [5.41, 5.74) is 1.11. The topological polar surface area (TPSA) is 83.7 Å². The molecule has 0 saturated carbocycles. The lowest BCUT2D eigenvalue weighted by atomic mass is 10.0. The third-order valence-electron chi connectivity index (χ3n) is 3.91. The molecule has 0 bridgehead atoms. The van der Waals surface area contributed by atoms with E-state index in [0.717, 1.165) is 25.1 Å². The van der Waals surface area contributed by atoms with Crippen LogP contribution in [-0.4, -0.2) is 34.0 Å². The Hall–Kier alpha value is -1.95. The summed E-state index contributed by atoms with van der Waals surface area (Å²) >= 11 is 0. The van der Waals surface area contributed by atoms with Crippen LogP contribution >= 0.6 is 0 Å². The summed E-state index contributed by atoms with van der Waals surface area (Å²) in [6.45, 7) is 3.69. The number of carboxylic acid groups (broad SMARTS) is 1. The number of hydrogen-bond donors (Lipinski definition) is 1. The van der Waals surface area contributed by atoms with E-state index in [1.54, 1.807) is 12.1 Å². The van der Waals surface area contributed by atoms with Gasteiger partial charge in [-0.15, -0.1) is 0 Å². The standard InChI is InChI=1S/C14H18N2O4/c1-10(12-2-4-13(5-3-12)16(19)20)15-7-6-11(9-15)8-14(17)18/h2-5,10-11H,6-9H2,1H3,(H,17,18). The van der Waals surface area contributed by atoms with E-state index in [4.69, 9.17) is 5.11 Å². The molecule has 1 aliphatic rings. The van der Waals surface area contributed by atoms with Crippen LogP contribution < -0.4 is 0 Å². The Kier molecular flexibility index (Phi) is 4.34. The molecular formula is C14H18N2O4. The number of nitro groups is 1. The van der Waals surface area contributed by atoms with Gasteiger partial charge in [-0.05, 0) is 31.4 Å². The van der Waals surface area contributed by atoms with E-state index in [9.17, 15) is 14.9 Å². The second-order valence-corrected chi connectivity index (χ2v) is 5.27. The molecule has 2 unspecified atom stereocenters. The summed E-state index contributed by atoms with van der Waals surface area (Å²) in [5, 5.41) is 19.4. The highest BCUT2D eigenvalue weighted by Gasteiger charge is 2.28. The zero-order valence-corrected chi connectivity index (χ0v) is 11.4. The van der Waals surface area contributed by atoms with Crippen LogP contribution in [0.4, 0.5) is 5.69 Å². The van der Waals surface area contributed by atoms with E-state index in [0.29, 0.717) is 0 Å². The molecule has 1 saturated heterocycles. The maximum absolute atomic E-state index is 10.7. The minimum absolute atomic E-state index is 0.0890. The van der Waals surface area contributed by atoms with Crippen molar-refractivity contribution < 1.29 is 14.8 Å². The van der Waals surface area contributed by atoms with Crippen molar-refractivity contribution in [2.24, 2.45) is 5.92 Å². The Labute approximate surface area is 117 Å². The number of nitro benzene ring substituents is 1. The fourth-order valence-corrected chi connectivity index (χ4v) is 2.71. The second-order valence-electron chi connectivity index (χ2n) is 5.27. The molecule has 6 nitrogen and oxygen atoms in total. The molecule has 0 spiro atoms. The summed E-state index contributed by atoms with van der Waals surface area (Å²) in [7, 11) is 0. The summed E-state index contributed by atoms with van der Waals surface area (Å²) < 4.78 is 0. The quantitative estimate of drug-likeness (QED) is 0.660. The van der Waals surface area contributed by atoms with Gasteiger partial charge in [-0.3, -0.25) is 19.8 Å². The normalized spacial score (nSPS) is 20.8. The predicted molar refractivity (Wildman–Crippen MR) is 73.4 cm³/mol. The van der Waals surface area contributed by atoms with Crippen molar-refractivity contribution in [3.63, 3.8) is 0 Å². The molecule has 108 valence electrons. The minimum atomic E-state index is -0.750. The van der Waals surface area contributed by atoms with Crippen molar-refractivity contribution in [3.05, 3.63) is 39.9 Å². The highest BCUT2D eigenvalue weighted by atomic mass is 16.6. The van der Waals surface area contributed by atoms with Gasteiger partial charge in [0.05, 0.1) is 4.92 Å². The molecular weight excluding hydrogens is 260 g/mol. The molecule has 0 aromatic heterocycles. The summed E-state index contributed by atoms with van der Waals surface area (Å²) in [4.78, 5) is 23.2. The first-order valence-corrected chi connectivity index (χ1v) is 6.67. The number of rotatable bonds is 5. The van der Waals surface area contributed by atoms with Crippen LogP contribution in [0.5, 0.6) is 0 Å². The molecule has 1 fully saturated rings. The maximum atomic E-state index is 10.7. The predicted octanol–water partition coefficient (Wildman–Crippen LogP) is 2.45. The molecule has 0 aliphatic carbocycles. The molecule has 0 radical (unpaired) electrons. The lowest BCUT2D eigenvalue weighted by molar-refractivity contribution is -0.384. The second kappa shape index (κ2) is 6.00. The van der Waals surface area contributed by atoms with Crippen molar-refractivity contribution in [1.29, 1.82) is 0 Å². The third kappa shape index (κ3) is 3.33. The van der Waals surface area contributed by atoms with Gasteiger partial charge >= 0.3 is 5.97 Å². The number of nitrogens with zero attached hydrogens (tertiary/aromatic N) is 2. The van der Waals surface area contributed by atoms with Crippen LogP contribution in [0.25, 0.3) is 0 Å². The average Bonchev–Trinajstić information content (AvgIpc) is 2.85. The first kappa shape index (κ1) is 14.5. The largest absolute Gasteiger partial charge is 0.481 e. The lowest BCUT2D eigenvalue weighted by Crippen LogP contribution is -2.25.